The van der Waals surface area contributed by atoms with E-state index in [1.165, 1.54) is 0 Å². The van der Waals surface area contributed by atoms with Crippen molar-refractivity contribution in [2.24, 2.45) is 0 Å². The van der Waals surface area contributed by atoms with Crippen LogP contribution in [0.15, 0.2) is 16.6 Å². The van der Waals surface area contributed by atoms with Crippen molar-refractivity contribution in [1.82, 2.24) is 0 Å². The van der Waals surface area contributed by atoms with Gasteiger partial charge < -0.3 is 9.84 Å². The summed E-state index contributed by atoms with van der Waals surface area (Å²) in [6.07, 6.45) is 2.46. The Kier molecular flexibility index (Phi) is 6.82. The molecule has 0 aliphatic carbocycles. The lowest BCUT2D eigenvalue weighted by atomic mass is 10.2. The molecule has 0 unspecified atom stereocenters. The standard InChI is InChI=1S/C12H13BrCl2O3/c13-8-6-10(15)11(7-9(8)14)18-5-3-1-2-4-12(16)17/h6-7H,1-5H2,(H,16,17). The van der Waals surface area contributed by atoms with Crippen molar-refractivity contribution in [3.63, 3.8) is 0 Å². The molecule has 0 fully saturated rings. The Morgan fingerprint density at radius 2 is 1.94 bits per heavy atom. The van der Waals surface area contributed by atoms with Gasteiger partial charge in [0.25, 0.3) is 0 Å². The van der Waals surface area contributed by atoms with Crippen LogP contribution in [0.2, 0.25) is 10.0 Å². The third-order valence-corrected chi connectivity index (χ3v) is 3.76. The average molecular weight is 356 g/mol. The van der Waals surface area contributed by atoms with Gasteiger partial charge >= 0.3 is 5.97 Å². The maximum absolute atomic E-state index is 10.3. The van der Waals surface area contributed by atoms with Crippen LogP contribution >= 0.6 is 39.1 Å². The van der Waals surface area contributed by atoms with E-state index in [-0.39, 0.29) is 6.42 Å². The molecule has 0 aromatic heterocycles. The maximum atomic E-state index is 10.3. The predicted octanol–water partition coefficient (Wildman–Crippen LogP) is 4.78. The van der Waals surface area contributed by atoms with E-state index in [4.69, 9.17) is 33.0 Å². The number of unbranched alkanes of at least 4 members (excludes halogenated alkanes) is 2. The summed E-state index contributed by atoms with van der Waals surface area (Å²) in [6, 6.07) is 3.34. The molecule has 0 saturated heterocycles. The van der Waals surface area contributed by atoms with Crippen molar-refractivity contribution in [3.8, 4) is 5.75 Å². The van der Waals surface area contributed by atoms with Gasteiger partial charge in [0.15, 0.2) is 0 Å². The predicted molar refractivity (Wildman–Crippen MR) is 75.8 cm³/mol. The van der Waals surface area contributed by atoms with E-state index in [0.717, 1.165) is 17.3 Å². The van der Waals surface area contributed by atoms with Crippen molar-refractivity contribution in [1.29, 1.82) is 0 Å². The lowest BCUT2D eigenvalue weighted by Crippen LogP contribution is -1.99. The van der Waals surface area contributed by atoms with Crippen LogP contribution in [-0.4, -0.2) is 17.7 Å². The maximum Gasteiger partial charge on any atom is 0.303 e. The SMILES string of the molecule is O=C(O)CCCCCOc1cc(Cl)c(Br)cc1Cl. The number of hydrogen-bond donors (Lipinski definition) is 1. The highest BCUT2D eigenvalue weighted by molar-refractivity contribution is 9.10. The largest absolute Gasteiger partial charge is 0.492 e. The first-order valence-corrected chi connectivity index (χ1v) is 7.04. The third kappa shape index (κ3) is 5.46. The molecule has 1 rings (SSSR count). The van der Waals surface area contributed by atoms with Crippen LogP contribution in [0.4, 0.5) is 0 Å². The van der Waals surface area contributed by atoms with Crippen LogP contribution in [0, 0.1) is 0 Å². The van der Waals surface area contributed by atoms with E-state index in [1.807, 2.05) is 0 Å². The molecule has 3 nitrogen and oxygen atoms in total. The zero-order chi connectivity index (χ0) is 13.5. The third-order valence-electron chi connectivity index (χ3n) is 2.27. The summed E-state index contributed by atoms with van der Waals surface area (Å²) in [5, 5.41) is 9.51. The Morgan fingerprint density at radius 3 is 2.61 bits per heavy atom. The second-order valence-electron chi connectivity index (χ2n) is 3.75. The lowest BCUT2D eigenvalue weighted by Gasteiger charge is -2.09. The van der Waals surface area contributed by atoms with Crippen molar-refractivity contribution in [3.05, 3.63) is 26.7 Å². The zero-order valence-electron chi connectivity index (χ0n) is 9.59. The molecule has 0 spiro atoms. The molecular weight excluding hydrogens is 343 g/mol. The van der Waals surface area contributed by atoms with Crippen LogP contribution in [0.5, 0.6) is 5.75 Å². The summed E-state index contributed by atoms with van der Waals surface area (Å²) in [5.74, 6) is -0.221. The second-order valence-corrected chi connectivity index (χ2v) is 5.42. The first-order chi connectivity index (χ1) is 8.50. The summed E-state index contributed by atoms with van der Waals surface area (Å²) >= 11 is 15.2. The van der Waals surface area contributed by atoms with Crippen molar-refractivity contribution in [2.75, 3.05) is 6.61 Å². The molecular formula is C12H13BrCl2O3. The van der Waals surface area contributed by atoms with E-state index < -0.39 is 5.97 Å². The molecule has 0 aliphatic rings. The highest BCUT2D eigenvalue weighted by Gasteiger charge is 2.06. The number of hydrogen-bond acceptors (Lipinski definition) is 2. The number of carboxylic acid groups (broad SMARTS) is 1. The number of carboxylic acids is 1. The van der Waals surface area contributed by atoms with Gasteiger partial charge in [-0.2, -0.15) is 0 Å². The molecule has 0 atom stereocenters. The number of ether oxygens (including phenoxy) is 1. The molecule has 0 amide bonds. The minimum atomic E-state index is -0.765. The Balaban J connectivity index is 2.31. The van der Waals surface area contributed by atoms with Crippen molar-refractivity contribution < 1.29 is 14.6 Å². The molecule has 0 aliphatic heterocycles. The highest BCUT2D eigenvalue weighted by Crippen LogP contribution is 2.34. The smallest absolute Gasteiger partial charge is 0.303 e. The van der Waals surface area contributed by atoms with Gasteiger partial charge in [0, 0.05) is 17.0 Å². The molecule has 1 aromatic rings. The summed E-state index contributed by atoms with van der Waals surface area (Å²) in [4.78, 5) is 10.3. The normalized spacial score (nSPS) is 10.4. The van der Waals surface area contributed by atoms with Crippen LogP contribution in [0.1, 0.15) is 25.7 Å². The van der Waals surface area contributed by atoms with Gasteiger partial charge in [-0.1, -0.05) is 23.2 Å². The van der Waals surface area contributed by atoms with Gasteiger partial charge in [-0.05, 0) is 41.3 Å². The molecule has 1 aromatic carbocycles. The first-order valence-electron chi connectivity index (χ1n) is 5.50. The molecule has 0 saturated carbocycles. The highest BCUT2D eigenvalue weighted by atomic mass is 79.9. The van der Waals surface area contributed by atoms with E-state index in [2.05, 4.69) is 15.9 Å². The lowest BCUT2D eigenvalue weighted by molar-refractivity contribution is -0.137. The summed E-state index contributed by atoms with van der Waals surface area (Å²) < 4.78 is 6.22. The van der Waals surface area contributed by atoms with Gasteiger partial charge in [-0.3, -0.25) is 4.79 Å². The molecule has 1 N–H and O–H groups in total. The molecule has 0 radical (unpaired) electrons. The minimum Gasteiger partial charge on any atom is -0.492 e. The molecule has 6 heteroatoms. The van der Waals surface area contributed by atoms with E-state index in [0.29, 0.717) is 28.8 Å². The fourth-order valence-corrected chi connectivity index (χ4v) is 2.20. The fourth-order valence-electron chi connectivity index (χ4n) is 1.35. The number of halogens is 3. The van der Waals surface area contributed by atoms with Crippen LogP contribution < -0.4 is 4.74 Å². The number of aliphatic carboxylic acids is 1. The first kappa shape index (κ1) is 15.6. The van der Waals surface area contributed by atoms with E-state index in [1.54, 1.807) is 12.1 Å². The van der Waals surface area contributed by atoms with E-state index >= 15 is 0 Å². The Bertz CT molecular complexity index is 424. The zero-order valence-corrected chi connectivity index (χ0v) is 12.7. The minimum absolute atomic E-state index is 0.199. The van der Waals surface area contributed by atoms with E-state index in [9.17, 15) is 4.79 Å². The summed E-state index contributed by atoms with van der Waals surface area (Å²) in [6.45, 7) is 0.497. The van der Waals surface area contributed by atoms with Crippen LogP contribution in [0.3, 0.4) is 0 Å². The van der Waals surface area contributed by atoms with Crippen molar-refractivity contribution >= 4 is 45.1 Å². The Hall–Kier alpha value is -0.450. The average Bonchev–Trinajstić information content (AvgIpc) is 2.29. The van der Waals surface area contributed by atoms with Gasteiger partial charge in [0.05, 0.1) is 16.7 Å². The molecule has 0 bridgehead atoms. The van der Waals surface area contributed by atoms with Gasteiger partial charge in [0.2, 0.25) is 0 Å². The van der Waals surface area contributed by atoms with Gasteiger partial charge in [-0.15, -0.1) is 0 Å². The molecule has 0 heterocycles. The Labute approximate surface area is 124 Å². The second kappa shape index (κ2) is 7.87. The van der Waals surface area contributed by atoms with Crippen LogP contribution in [0.25, 0.3) is 0 Å². The van der Waals surface area contributed by atoms with Gasteiger partial charge in [-0.25, -0.2) is 0 Å². The quantitative estimate of drug-likeness (QED) is 0.565. The number of rotatable bonds is 7. The van der Waals surface area contributed by atoms with Crippen LogP contribution in [-0.2, 0) is 4.79 Å². The summed E-state index contributed by atoms with van der Waals surface area (Å²) in [7, 11) is 0. The van der Waals surface area contributed by atoms with Gasteiger partial charge in [0.1, 0.15) is 5.75 Å². The summed E-state index contributed by atoms with van der Waals surface area (Å²) in [5.41, 5.74) is 0. The molecule has 18 heavy (non-hydrogen) atoms. The number of benzene rings is 1. The number of carbonyl (C=O) groups is 1. The monoisotopic (exact) mass is 354 g/mol. The fraction of sp³-hybridized carbons (Fsp3) is 0.417. The topological polar surface area (TPSA) is 46.5 Å². The van der Waals surface area contributed by atoms with Crippen molar-refractivity contribution in [2.45, 2.75) is 25.7 Å². The molecule has 100 valence electrons. The Morgan fingerprint density at radius 1 is 1.22 bits per heavy atom.